The molecule has 0 aliphatic heterocycles. The number of halogens is 3. The second kappa shape index (κ2) is 5.48. The highest BCUT2D eigenvalue weighted by molar-refractivity contribution is 9.09. The Balaban J connectivity index is 2.80. The SMILES string of the molecule is O=C(CCBr)Nc1c(Cl)ncnc1Cl. The van der Waals surface area contributed by atoms with Crippen LogP contribution in [0.25, 0.3) is 0 Å². The smallest absolute Gasteiger partial charge is 0.225 e. The molecule has 0 spiro atoms. The number of aromatic nitrogens is 2. The van der Waals surface area contributed by atoms with Gasteiger partial charge in [-0.2, -0.15) is 0 Å². The summed E-state index contributed by atoms with van der Waals surface area (Å²) in [7, 11) is 0. The largest absolute Gasteiger partial charge is 0.321 e. The van der Waals surface area contributed by atoms with E-state index in [-0.39, 0.29) is 21.9 Å². The number of nitrogens with one attached hydrogen (secondary N) is 1. The lowest BCUT2D eigenvalue weighted by Crippen LogP contribution is -2.13. The highest BCUT2D eigenvalue weighted by Gasteiger charge is 2.10. The molecule has 0 fully saturated rings. The third-order valence-electron chi connectivity index (χ3n) is 1.34. The fraction of sp³-hybridized carbons (Fsp3) is 0.286. The molecule has 0 radical (unpaired) electrons. The van der Waals surface area contributed by atoms with Crippen LogP contribution in [-0.2, 0) is 4.79 Å². The molecule has 1 aromatic rings. The first-order chi connectivity index (χ1) is 6.65. The molecule has 0 atom stereocenters. The summed E-state index contributed by atoms with van der Waals surface area (Å²) >= 11 is 14.6. The van der Waals surface area contributed by atoms with E-state index in [0.29, 0.717) is 11.8 Å². The van der Waals surface area contributed by atoms with Gasteiger partial charge in [-0.15, -0.1) is 0 Å². The Labute approximate surface area is 99.2 Å². The summed E-state index contributed by atoms with van der Waals surface area (Å²) in [5.74, 6) is -0.194. The Morgan fingerprint density at radius 2 is 2.00 bits per heavy atom. The van der Waals surface area contributed by atoms with Gasteiger partial charge in [0.2, 0.25) is 5.91 Å². The molecule has 0 aliphatic rings. The third-order valence-corrected chi connectivity index (χ3v) is 2.31. The van der Waals surface area contributed by atoms with Gasteiger partial charge in [0, 0.05) is 11.8 Å². The summed E-state index contributed by atoms with van der Waals surface area (Å²) < 4.78 is 0. The van der Waals surface area contributed by atoms with Crippen molar-refractivity contribution in [3.05, 3.63) is 16.6 Å². The molecule has 0 saturated heterocycles. The van der Waals surface area contributed by atoms with Crippen LogP contribution in [0.3, 0.4) is 0 Å². The van der Waals surface area contributed by atoms with Crippen LogP contribution in [0.4, 0.5) is 5.69 Å². The van der Waals surface area contributed by atoms with Crippen LogP contribution >= 0.6 is 39.1 Å². The number of nitrogens with zero attached hydrogens (tertiary/aromatic N) is 2. The number of carbonyl (C=O) groups excluding carboxylic acids is 1. The Kier molecular flexibility index (Phi) is 4.57. The zero-order valence-electron chi connectivity index (χ0n) is 6.93. The van der Waals surface area contributed by atoms with Gasteiger partial charge in [-0.3, -0.25) is 4.79 Å². The molecule has 7 heteroatoms. The van der Waals surface area contributed by atoms with Gasteiger partial charge in [0.1, 0.15) is 12.0 Å². The molecule has 4 nitrogen and oxygen atoms in total. The van der Waals surface area contributed by atoms with Crippen molar-refractivity contribution in [2.24, 2.45) is 0 Å². The monoisotopic (exact) mass is 297 g/mol. The Morgan fingerprint density at radius 3 is 2.50 bits per heavy atom. The number of anilines is 1. The Morgan fingerprint density at radius 1 is 1.43 bits per heavy atom. The molecule has 0 aromatic carbocycles. The van der Waals surface area contributed by atoms with Crippen molar-refractivity contribution >= 4 is 50.7 Å². The maximum Gasteiger partial charge on any atom is 0.225 e. The van der Waals surface area contributed by atoms with E-state index in [9.17, 15) is 4.79 Å². The molecule has 1 N–H and O–H groups in total. The van der Waals surface area contributed by atoms with Gasteiger partial charge < -0.3 is 5.32 Å². The molecular weight excluding hydrogens is 293 g/mol. The van der Waals surface area contributed by atoms with Crippen LogP contribution in [0.5, 0.6) is 0 Å². The first-order valence-electron chi connectivity index (χ1n) is 3.67. The fourth-order valence-electron chi connectivity index (χ4n) is 0.735. The van der Waals surface area contributed by atoms with E-state index >= 15 is 0 Å². The molecule has 76 valence electrons. The Hall–Kier alpha value is -0.390. The molecule has 14 heavy (non-hydrogen) atoms. The maximum atomic E-state index is 11.2. The summed E-state index contributed by atoms with van der Waals surface area (Å²) in [6, 6.07) is 0. The van der Waals surface area contributed by atoms with E-state index in [2.05, 4.69) is 31.2 Å². The highest BCUT2D eigenvalue weighted by atomic mass is 79.9. The second-order valence-electron chi connectivity index (χ2n) is 2.32. The minimum absolute atomic E-state index is 0.132. The van der Waals surface area contributed by atoms with Crippen LogP contribution in [0.15, 0.2) is 6.33 Å². The summed E-state index contributed by atoms with van der Waals surface area (Å²) in [6.07, 6.45) is 1.56. The average molecular weight is 299 g/mol. The van der Waals surface area contributed by atoms with E-state index in [1.54, 1.807) is 0 Å². The summed E-state index contributed by atoms with van der Waals surface area (Å²) in [6.45, 7) is 0. The zero-order chi connectivity index (χ0) is 10.6. The standard InChI is InChI=1S/C7H6BrCl2N3O/c8-2-1-4(14)13-5-6(9)11-3-12-7(5)10/h3H,1-2H2,(H,13,14). The van der Waals surface area contributed by atoms with Gasteiger partial charge in [0.25, 0.3) is 0 Å². The van der Waals surface area contributed by atoms with Gasteiger partial charge >= 0.3 is 0 Å². The highest BCUT2D eigenvalue weighted by Crippen LogP contribution is 2.25. The molecule has 0 bridgehead atoms. The molecule has 1 amide bonds. The predicted molar refractivity (Wildman–Crippen MR) is 59.1 cm³/mol. The summed E-state index contributed by atoms with van der Waals surface area (Å²) in [5, 5.41) is 3.36. The van der Waals surface area contributed by atoms with Gasteiger partial charge in [-0.1, -0.05) is 39.1 Å². The molecule has 1 heterocycles. The third kappa shape index (κ3) is 3.08. The lowest BCUT2D eigenvalue weighted by Gasteiger charge is -2.05. The van der Waals surface area contributed by atoms with E-state index in [1.165, 1.54) is 6.33 Å². The Bertz CT molecular complexity index is 327. The predicted octanol–water partition coefficient (Wildman–Crippen LogP) is 2.51. The van der Waals surface area contributed by atoms with Crippen molar-refractivity contribution < 1.29 is 4.79 Å². The number of hydrogen-bond acceptors (Lipinski definition) is 3. The van der Waals surface area contributed by atoms with Crippen LogP contribution < -0.4 is 5.32 Å². The van der Waals surface area contributed by atoms with Crippen molar-refractivity contribution in [3.63, 3.8) is 0 Å². The minimum atomic E-state index is -0.194. The normalized spacial score (nSPS) is 9.93. The van der Waals surface area contributed by atoms with Gasteiger partial charge in [-0.05, 0) is 0 Å². The molecular formula is C7H6BrCl2N3O. The van der Waals surface area contributed by atoms with Crippen molar-refractivity contribution in [1.29, 1.82) is 0 Å². The number of amides is 1. The van der Waals surface area contributed by atoms with Crippen LogP contribution in [-0.4, -0.2) is 21.2 Å². The topological polar surface area (TPSA) is 54.9 Å². The van der Waals surface area contributed by atoms with E-state index in [1.807, 2.05) is 0 Å². The summed E-state index contributed by atoms with van der Waals surface area (Å²) in [4.78, 5) is 18.6. The van der Waals surface area contributed by atoms with E-state index in [4.69, 9.17) is 23.2 Å². The zero-order valence-corrected chi connectivity index (χ0v) is 10.0. The van der Waals surface area contributed by atoms with Crippen molar-refractivity contribution in [2.75, 3.05) is 10.6 Å². The number of carbonyl (C=O) groups is 1. The lowest BCUT2D eigenvalue weighted by molar-refractivity contribution is -0.115. The van der Waals surface area contributed by atoms with Crippen molar-refractivity contribution in [1.82, 2.24) is 9.97 Å². The fourth-order valence-corrected chi connectivity index (χ4v) is 1.50. The maximum absolute atomic E-state index is 11.2. The van der Waals surface area contributed by atoms with Crippen LogP contribution in [0, 0.1) is 0 Å². The number of rotatable bonds is 3. The molecule has 0 aliphatic carbocycles. The van der Waals surface area contributed by atoms with Crippen LogP contribution in [0.1, 0.15) is 6.42 Å². The van der Waals surface area contributed by atoms with Crippen molar-refractivity contribution in [2.45, 2.75) is 6.42 Å². The average Bonchev–Trinajstić information content (AvgIpc) is 2.12. The van der Waals surface area contributed by atoms with E-state index in [0.717, 1.165) is 0 Å². The van der Waals surface area contributed by atoms with Gasteiger partial charge in [0.05, 0.1) is 0 Å². The summed E-state index contributed by atoms with van der Waals surface area (Å²) in [5.41, 5.74) is 0.252. The molecule has 0 unspecified atom stereocenters. The van der Waals surface area contributed by atoms with Crippen molar-refractivity contribution in [3.8, 4) is 0 Å². The molecule has 0 saturated carbocycles. The number of hydrogen-bond donors (Lipinski definition) is 1. The first-order valence-corrected chi connectivity index (χ1v) is 5.54. The first kappa shape index (κ1) is 11.7. The van der Waals surface area contributed by atoms with Crippen LogP contribution in [0.2, 0.25) is 10.3 Å². The lowest BCUT2D eigenvalue weighted by atomic mass is 10.4. The molecule has 1 aromatic heterocycles. The second-order valence-corrected chi connectivity index (χ2v) is 3.83. The van der Waals surface area contributed by atoms with E-state index < -0.39 is 0 Å². The van der Waals surface area contributed by atoms with Gasteiger partial charge in [0.15, 0.2) is 10.3 Å². The number of alkyl halides is 1. The van der Waals surface area contributed by atoms with Gasteiger partial charge in [-0.25, -0.2) is 9.97 Å². The minimum Gasteiger partial charge on any atom is -0.321 e. The quantitative estimate of drug-likeness (QED) is 0.689. The molecule has 1 rings (SSSR count).